The summed E-state index contributed by atoms with van der Waals surface area (Å²) < 4.78 is 0. The number of likely N-dealkylation sites (tertiary alicyclic amines) is 1. The van der Waals surface area contributed by atoms with Gasteiger partial charge in [-0.2, -0.15) is 0 Å². The number of amides is 1. The topological polar surface area (TPSA) is 52.6 Å². The van der Waals surface area contributed by atoms with E-state index in [0.717, 1.165) is 37.9 Å². The molecule has 1 saturated heterocycles. The van der Waals surface area contributed by atoms with Crippen molar-refractivity contribution in [1.82, 2.24) is 4.90 Å². The standard InChI is InChI=1S/C16H23ClN2O2/c1-2-8-18-15-7-6-12(17)10-14(15)16(21)19-9-4-3-5-13(19)11-20/h6-7,10,13,18,20H,2-5,8-9,11H2,1H3. The molecule has 5 heteroatoms. The van der Waals surface area contributed by atoms with Crippen molar-refractivity contribution in [3.05, 3.63) is 28.8 Å². The summed E-state index contributed by atoms with van der Waals surface area (Å²) in [6.45, 7) is 3.61. The summed E-state index contributed by atoms with van der Waals surface area (Å²) in [5.74, 6) is -0.0464. The Hall–Kier alpha value is -1.26. The van der Waals surface area contributed by atoms with Gasteiger partial charge in [0.25, 0.3) is 5.91 Å². The van der Waals surface area contributed by atoms with Gasteiger partial charge in [-0.25, -0.2) is 0 Å². The molecule has 1 aliphatic rings. The first-order chi connectivity index (χ1) is 10.2. The largest absolute Gasteiger partial charge is 0.394 e. The maximum absolute atomic E-state index is 12.8. The van der Waals surface area contributed by atoms with Gasteiger partial charge in [-0.15, -0.1) is 0 Å². The third-order valence-electron chi connectivity index (χ3n) is 3.88. The van der Waals surface area contributed by atoms with E-state index in [1.54, 1.807) is 17.0 Å². The van der Waals surface area contributed by atoms with Crippen LogP contribution >= 0.6 is 11.6 Å². The molecule has 4 nitrogen and oxygen atoms in total. The Morgan fingerprint density at radius 3 is 3.00 bits per heavy atom. The van der Waals surface area contributed by atoms with Crippen molar-refractivity contribution in [2.45, 2.75) is 38.6 Å². The van der Waals surface area contributed by atoms with E-state index < -0.39 is 0 Å². The Balaban J connectivity index is 2.26. The highest BCUT2D eigenvalue weighted by Gasteiger charge is 2.28. The minimum absolute atomic E-state index is 0.0179. The van der Waals surface area contributed by atoms with E-state index in [9.17, 15) is 9.90 Å². The van der Waals surface area contributed by atoms with Gasteiger partial charge in [0.1, 0.15) is 0 Å². The number of aliphatic hydroxyl groups excluding tert-OH is 1. The number of nitrogens with zero attached hydrogens (tertiary/aromatic N) is 1. The van der Waals surface area contributed by atoms with Crippen molar-refractivity contribution < 1.29 is 9.90 Å². The second-order valence-electron chi connectivity index (χ2n) is 5.45. The minimum atomic E-state index is -0.0794. The molecule has 0 aromatic heterocycles. The maximum Gasteiger partial charge on any atom is 0.256 e. The maximum atomic E-state index is 12.8. The second kappa shape index (κ2) is 7.66. The monoisotopic (exact) mass is 310 g/mol. The van der Waals surface area contributed by atoms with Crippen molar-refractivity contribution in [3.8, 4) is 0 Å². The van der Waals surface area contributed by atoms with Crippen LogP contribution in [-0.2, 0) is 0 Å². The number of halogens is 1. The zero-order valence-electron chi connectivity index (χ0n) is 12.4. The Morgan fingerprint density at radius 1 is 1.48 bits per heavy atom. The van der Waals surface area contributed by atoms with Crippen LogP contribution in [0.15, 0.2) is 18.2 Å². The Labute approximate surface area is 131 Å². The Morgan fingerprint density at radius 2 is 2.29 bits per heavy atom. The SMILES string of the molecule is CCCNc1ccc(Cl)cc1C(=O)N1CCCCC1CO. The number of hydrogen-bond donors (Lipinski definition) is 2. The summed E-state index contributed by atoms with van der Waals surface area (Å²) in [6, 6.07) is 5.27. The lowest BCUT2D eigenvalue weighted by Gasteiger charge is -2.35. The fourth-order valence-electron chi connectivity index (χ4n) is 2.72. The van der Waals surface area contributed by atoms with Crippen LogP contribution in [0, 0.1) is 0 Å². The van der Waals surface area contributed by atoms with Crippen molar-refractivity contribution >= 4 is 23.2 Å². The predicted molar refractivity (Wildman–Crippen MR) is 86.0 cm³/mol. The molecule has 1 fully saturated rings. The van der Waals surface area contributed by atoms with Gasteiger partial charge in [-0.05, 0) is 43.9 Å². The average Bonchev–Trinajstić information content (AvgIpc) is 2.53. The van der Waals surface area contributed by atoms with E-state index >= 15 is 0 Å². The molecule has 1 unspecified atom stereocenters. The van der Waals surface area contributed by atoms with E-state index in [1.165, 1.54) is 0 Å². The number of anilines is 1. The lowest BCUT2D eigenvalue weighted by molar-refractivity contribution is 0.0504. The van der Waals surface area contributed by atoms with Crippen molar-refractivity contribution in [2.24, 2.45) is 0 Å². The molecular weight excluding hydrogens is 288 g/mol. The van der Waals surface area contributed by atoms with Crippen LogP contribution in [-0.4, -0.2) is 41.7 Å². The molecule has 2 rings (SSSR count). The minimum Gasteiger partial charge on any atom is -0.394 e. The van der Waals surface area contributed by atoms with E-state index in [-0.39, 0.29) is 18.6 Å². The van der Waals surface area contributed by atoms with E-state index in [1.807, 2.05) is 6.07 Å². The summed E-state index contributed by atoms with van der Waals surface area (Å²) in [6.07, 6.45) is 3.89. The normalized spacial score (nSPS) is 18.6. The van der Waals surface area contributed by atoms with Crippen molar-refractivity contribution in [1.29, 1.82) is 0 Å². The molecule has 0 radical (unpaired) electrons. The summed E-state index contributed by atoms with van der Waals surface area (Å²) in [4.78, 5) is 14.6. The molecule has 2 N–H and O–H groups in total. The predicted octanol–water partition coefficient (Wildman–Crippen LogP) is 3.15. The lowest BCUT2D eigenvalue weighted by atomic mass is 10.0. The van der Waals surface area contributed by atoms with Gasteiger partial charge in [0, 0.05) is 23.8 Å². The van der Waals surface area contributed by atoms with Crippen LogP contribution in [0.2, 0.25) is 5.02 Å². The average molecular weight is 311 g/mol. The van der Waals surface area contributed by atoms with Gasteiger partial charge < -0.3 is 15.3 Å². The first-order valence-corrected chi connectivity index (χ1v) is 8.00. The van der Waals surface area contributed by atoms with Gasteiger partial charge in [0.2, 0.25) is 0 Å². The quantitative estimate of drug-likeness (QED) is 0.878. The fourth-order valence-corrected chi connectivity index (χ4v) is 2.89. The first kappa shape index (κ1) is 16.1. The summed E-state index contributed by atoms with van der Waals surface area (Å²) in [7, 11) is 0. The van der Waals surface area contributed by atoms with Crippen LogP contribution in [0.4, 0.5) is 5.69 Å². The number of carbonyl (C=O) groups excluding carboxylic acids is 1. The van der Waals surface area contributed by atoms with Crippen LogP contribution in [0.5, 0.6) is 0 Å². The Bertz CT molecular complexity index is 493. The smallest absolute Gasteiger partial charge is 0.256 e. The third kappa shape index (κ3) is 3.89. The van der Waals surface area contributed by atoms with Gasteiger partial charge in [-0.1, -0.05) is 18.5 Å². The number of piperidine rings is 1. The Kier molecular flexibility index (Phi) is 5.88. The number of nitrogens with one attached hydrogen (secondary N) is 1. The fraction of sp³-hybridized carbons (Fsp3) is 0.562. The molecule has 21 heavy (non-hydrogen) atoms. The number of hydrogen-bond acceptors (Lipinski definition) is 3. The van der Waals surface area contributed by atoms with Crippen molar-refractivity contribution in [2.75, 3.05) is 25.0 Å². The lowest BCUT2D eigenvalue weighted by Crippen LogP contribution is -2.45. The van der Waals surface area contributed by atoms with E-state index in [2.05, 4.69) is 12.2 Å². The van der Waals surface area contributed by atoms with Crippen LogP contribution in [0.25, 0.3) is 0 Å². The zero-order valence-corrected chi connectivity index (χ0v) is 13.2. The van der Waals surface area contributed by atoms with Gasteiger partial charge in [0.05, 0.1) is 18.2 Å². The molecule has 0 spiro atoms. The van der Waals surface area contributed by atoms with Gasteiger partial charge in [0.15, 0.2) is 0 Å². The molecule has 116 valence electrons. The van der Waals surface area contributed by atoms with Crippen LogP contribution < -0.4 is 5.32 Å². The molecule has 0 bridgehead atoms. The van der Waals surface area contributed by atoms with Crippen molar-refractivity contribution in [3.63, 3.8) is 0 Å². The van der Waals surface area contributed by atoms with Crippen LogP contribution in [0.3, 0.4) is 0 Å². The number of rotatable bonds is 5. The molecule has 1 aromatic carbocycles. The molecule has 1 heterocycles. The molecule has 1 aliphatic heterocycles. The molecule has 1 atom stereocenters. The number of carbonyl (C=O) groups is 1. The molecule has 1 amide bonds. The highest BCUT2D eigenvalue weighted by atomic mass is 35.5. The highest BCUT2D eigenvalue weighted by molar-refractivity contribution is 6.31. The number of benzene rings is 1. The van der Waals surface area contributed by atoms with E-state index in [4.69, 9.17) is 11.6 Å². The molecule has 0 aliphatic carbocycles. The van der Waals surface area contributed by atoms with Gasteiger partial charge in [-0.3, -0.25) is 4.79 Å². The first-order valence-electron chi connectivity index (χ1n) is 7.62. The second-order valence-corrected chi connectivity index (χ2v) is 5.88. The van der Waals surface area contributed by atoms with E-state index in [0.29, 0.717) is 17.1 Å². The van der Waals surface area contributed by atoms with Gasteiger partial charge >= 0.3 is 0 Å². The van der Waals surface area contributed by atoms with Crippen LogP contribution in [0.1, 0.15) is 43.0 Å². The third-order valence-corrected chi connectivity index (χ3v) is 4.11. The molecule has 0 saturated carbocycles. The molecule has 1 aromatic rings. The summed E-state index contributed by atoms with van der Waals surface area (Å²) >= 11 is 6.06. The zero-order chi connectivity index (χ0) is 15.2. The summed E-state index contributed by atoms with van der Waals surface area (Å²) in [5.41, 5.74) is 1.41. The highest BCUT2D eigenvalue weighted by Crippen LogP contribution is 2.26. The number of aliphatic hydroxyl groups is 1. The summed E-state index contributed by atoms with van der Waals surface area (Å²) in [5, 5.41) is 13.3. The molecular formula is C16H23ClN2O2.